The van der Waals surface area contributed by atoms with Crippen LogP contribution in [0.4, 0.5) is 17.6 Å². The predicted octanol–water partition coefficient (Wildman–Crippen LogP) is 3.43. The van der Waals surface area contributed by atoms with Crippen molar-refractivity contribution in [3.05, 3.63) is 35.6 Å². The first-order chi connectivity index (χ1) is 11.8. The molecule has 0 bridgehead atoms. The minimum absolute atomic E-state index is 0. The van der Waals surface area contributed by atoms with Crippen LogP contribution in [0.1, 0.15) is 18.9 Å². The molecule has 4 nitrogen and oxygen atoms in total. The van der Waals surface area contributed by atoms with Gasteiger partial charge in [0, 0.05) is 19.6 Å². The Hall–Kier alpha value is -1.10. The Labute approximate surface area is 169 Å². The molecule has 0 aliphatic carbocycles. The van der Waals surface area contributed by atoms with Gasteiger partial charge in [0.2, 0.25) is 0 Å². The smallest absolute Gasteiger partial charge is 0.357 e. The first-order valence-electron chi connectivity index (χ1n) is 8.32. The lowest BCUT2D eigenvalue weighted by Crippen LogP contribution is -2.38. The lowest BCUT2D eigenvalue weighted by atomic mass is 10.1. The molecule has 0 unspecified atom stereocenters. The molecule has 1 aromatic carbocycles. The van der Waals surface area contributed by atoms with Crippen molar-refractivity contribution in [3.8, 4) is 0 Å². The van der Waals surface area contributed by atoms with E-state index in [0.717, 1.165) is 5.56 Å². The summed E-state index contributed by atoms with van der Waals surface area (Å²) < 4.78 is 49.8. The van der Waals surface area contributed by atoms with Gasteiger partial charge in [-0.15, -0.1) is 24.0 Å². The van der Waals surface area contributed by atoms with E-state index in [1.807, 2.05) is 13.0 Å². The lowest BCUT2D eigenvalue weighted by molar-refractivity contribution is -0.143. The Bertz CT molecular complexity index is 538. The van der Waals surface area contributed by atoms with Crippen molar-refractivity contribution < 1.29 is 17.6 Å². The fourth-order valence-electron chi connectivity index (χ4n) is 2.28. The number of aliphatic imine (C=N–C) groups is 1. The van der Waals surface area contributed by atoms with Gasteiger partial charge in [-0.05, 0) is 51.1 Å². The van der Waals surface area contributed by atoms with Crippen molar-refractivity contribution in [3.63, 3.8) is 0 Å². The molecule has 0 atom stereocenters. The summed E-state index contributed by atoms with van der Waals surface area (Å²) in [5, 5.41) is 6.22. The molecule has 0 amide bonds. The summed E-state index contributed by atoms with van der Waals surface area (Å²) in [6.45, 7) is 3.04. The molecule has 0 saturated heterocycles. The van der Waals surface area contributed by atoms with Crippen molar-refractivity contribution in [2.45, 2.75) is 25.9 Å². The molecule has 0 spiro atoms. The van der Waals surface area contributed by atoms with Gasteiger partial charge < -0.3 is 10.6 Å². The highest BCUT2D eigenvalue weighted by Gasteiger charge is 2.28. The molecule has 150 valence electrons. The van der Waals surface area contributed by atoms with Crippen LogP contribution in [0.3, 0.4) is 0 Å². The highest BCUT2D eigenvalue weighted by Crippen LogP contribution is 2.15. The standard InChI is InChI=1S/C17H26F4N4.HI/c1-3-22-16(23-9-5-11-25(2)13-17(19,20)21)24-10-8-14-6-4-7-15(18)12-14;/h4,6-7,12H,3,5,8-11,13H2,1-2H3,(H2,22,23,24);1H. The number of alkyl halides is 3. The molecule has 0 fully saturated rings. The van der Waals surface area contributed by atoms with E-state index < -0.39 is 12.7 Å². The fourth-order valence-corrected chi connectivity index (χ4v) is 2.28. The van der Waals surface area contributed by atoms with Crippen LogP contribution in [0.2, 0.25) is 0 Å². The summed E-state index contributed by atoms with van der Waals surface area (Å²) >= 11 is 0. The zero-order valence-corrected chi connectivity index (χ0v) is 17.4. The van der Waals surface area contributed by atoms with E-state index in [-0.39, 0.29) is 29.8 Å². The van der Waals surface area contributed by atoms with Crippen molar-refractivity contribution in [1.82, 2.24) is 15.5 Å². The van der Waals surface area contributed by atoms with Gasteiger partial charge in [0.05, 0.1) is 6.54 Å². The Morgan fingerprint density at radius 2 is 1.96 bits per heavy atom. The van der Waals surface area contributed by atoms with E-state index in [1.54, 1.807) is 6.07 Å². The highest BCUT2D eigenvalue weighted by atomic mass is 127. The van der Waals surface area contributed by atoms with Crippen LogP contribution in [-0.4, -0.2) is 56.8 Å². The normalized spacial score (nSPS) is 12.0. The number of hydrogen-bond acceptors (Lipinski definition) is 2. The Morgan fingerprint density at radius 3 is 2.58 bits per heavy atom. The monoisotopic (exact) mass is 490 g/mol. The second-order valence-electron chi connectivity index (χ2n) is 5.77. The van der Waals surface area contributed by atoms with Crippen LogP contribution in [0.15, 0.2) is 29.3 Å². The van der Waals surface area contributed by atoms with Crippen LogP contribution < -0.4 is 10.6 Å². The van der Waals surface area contributed by atoms with Gasteiger partial charge in [-0.3, -0.25) is 9.89 Å². The zero-order chi connectivity index (χ0) is 18.7. The molecule has 0 saturated carbocycles. The summed E-state index contributed by atoms with van der Waals surface area (Å²) in [6, 6.07) is 6.41. The number of guanidine groups is 1. The molecule has 2 N–H and O–H groups in total. The molecule has 1 aromatic rings. The molecule has 0 aromatic heterocycles. The second kappa shape index (κ2) is 13.1. The van der Waals surface area contributed by atoms with E-state index in [9.17, 15) is 17.6 Å². The SMILES string of the molecule is CCNC(=NCCCN(C)CC(F)(F)F)NCCc1cccc(F)c1.I. The third-order valence-electron chi connectivity index (χ3n) is 3.36. The third kappa shape index (κ3) is 12.3. The van der Waals surface area contributed by atoms with E-state index in [0.29, 0.717) is 45.0 Å². The number of halogens is 5. The fraction of sp³-hybridized carbons (Fsp3) is 0.588. The summed E-state index contributed by atoms with van der Waals surface area (Å²) in [7, 11) is 1.44. The molecule has 0 aliphatic rings. The molecular formula is C17H27F4IN4. The maximum absolute atomic E-state index is 13.1. The Morgan fingerprint density at radius 1 is 1.23 bits per heavy atom. The number of nitrogens with zero attached hydrogens (tertiary/aromatic N) is 2. The van der Waals surface area contributed by atoms with Gasteiger partial charge in [0.25, 0.3) is 0 Å². The topological polar surface area (TPSA) is 39.7 Å². The molecule has 26 heavy (non-hydrogen) atoms. The van der Waals surface area contributed by atoms with Crippen LogP contribution in [-0.2, 0) is 6.42 Å². The summed E-state index contributed by atoms with van der Waals surface area (Å²) in [6.07, 6.45) is -2.99. The molecular weight excluding hydrogens is 463 g/mol. The molecule has 9 heteroatoms. The zero-order valence-electron chi connectivity index (χ0n) is 15.1. The van der Waals surface area contributed by atoms with E-state index >= 15 is 0 Å². The van der Waals surface area contributed by atoms with Crippen LogP contribution in [0, 0.1) is 5.82 Å². The van der Waals surface area contributed by atoms with Crippen molar-refractivity contribution in [2.24, 2.45) is 4.99 Å². The average molecular weight is 490 g/mol. The van der Waals surface area contributed by atoms with Gasteiger partial charge in [-0.2, -0.15) is 13.2 Å². The summed E-state index contributed by atoms with van der Waals surface area (Å²) in [5.74, 6) is 0.346. The largest absolute Gasteiger partial charge is 0.401 e. The van der Waals surface area contributed by atoms with Gasteiger partial charge in [0.1, 0.15) is 5.82 Å². The van der Waals surface area contributed by atoms with Gasteiger partial charge in [-0.1, -0.05) is 12.1 Å². The number of hydrogen-bond donors (Lipinski definition) is 2. The number of benzene rings is 1. The minimum atomic E-state index is -4.18. The Kier molecular flexibility index (Phi) is 12.6. The average Bonchev–Trinajstić information content (AvgIpc) is 2.50. The summed E-state index contributed by atoms with van der Waals surface area (Å²) in [5.41, 5.74) is 0.886. The van der Waals surface area contributed by atoms with E-state index in [4.69, 9.17) is 0 Å². The molecule has 0 radical (unpaired) electrons. The number of nitrogens with one attached hydrogen (secondary N) is 2. The first-order valence-corrected chi connectivity index (χ1v) is 8.32. The summed E-state index contributed by atoms with van der Waals surface area (Å²) in [4.78, 5) is 5.58. The van der Waals surface area contributed by atoms with Crippen molar-refractivity contribution >= 4 is 29.9 Å². The Balaban J connectivity index is 0.00000625. The lowest BCUT2D eigenvalue weighted by Gasteiger charge is -2.18. The van der Waals surface area contributed by atoms with Gasteiger partial charge in [-0.25, -0.2) is 4.39 Å². The van der Waals surface area contributed by atoms with E-state index in [1.165, 1.54) is 24.1 Å². The van der Waals surface area contributed by atoms with E-state index in [2.05, 4.69) is 15.6 Å². The first kappa shape index (κ1) is 24.9. The van der Waals surface area contributed by atoms with Crippen LogP contribution in [0.5, 0.6) is 0 Å². The van der Waals surface area contributed by atoms with Crippen molar-refractivity contribution in [1.29, 1.82) is 0 Å². The van der Waals surface area contributed by atoms with Gasteiger partial charge in [0.15, 0.2) is 5.96 Å². The third-order valence-corrected chi connectivity index (χ3v) is 3.36. The minimum Gasteiger partial charge on any atom is -0.357 e. The quantitative estimate of drug-likeness (QED) is 0.183. The van der Waals surface area contributed by atoms with Crippen LogP contribution >= 0.6 is 24.0 Å². The molecule has 1 rings (SSSR count). The maximum Gasteiger partial charge on any atom is 0.401 e. The predicted molar refractivity (Wildman–Crippen MR) is 108 cm³/mol. The number of rotatable bonds is 9. The molecule has 0 aliphatic heterocycles. The highest BCUT2D eigenvalue weighted by molar-refractivity contribution is 14.0. The second-order valence-corrected chi connectivity index (χ2v) is 5.77. The van der Waals surface area contributed by atoms with Gasteiger partial charge >= 0.3 is 6.18 Å². The maximum atomic E-state index is 13.1. The molecule has 0 heterocycles. The van der Waals surface area contributed by atoms with Crippen LogP contribution in [0.25, 0.3) is 0 Å². The van der Waals surface area contributed by atoms with Crippen molar-refractivity contribution in [2.75, 3.05) is 39.8 Å².